The van der Waals surface area contributed by atoms with E-state index in [0.717, 1.165) is 11.0 Å². The van der Waals surface area contributed by atoms with Crippen LogP contribution in [0.2, 0.25) is 0 Å². The molecule has 0 atom stereocenters. The predicted octanol–water partition coefficient (Wildman–Crippen LogP) is 3.16. The Labute approximate surface area is 94.0 Å². The highest BCUT2D eigenvalue weighted by molar-refractivity contribution is 7.25. The molecule has 0 aliphatic rings. The van der Waals surface area contributed by atoms with Crippen molar-refractivity contribution in [3.8, 4) is 0 Å². The van der Waals surface area contributed by atoms with Crippen molar-refractivity contribution in [2.24, 2.45) is 0 Å². The fourth-order valence-corrected chi connectivity index (χ4v) is 3.08. The number of rotatable bonds is 0. The van der Waals surface area contributed by atoms with Crippen molar-refractivity contribution in [3.63, 3.8) is 0 Å². The van der Waals surface area contributed by atoms with Crippen molar-refractivity contribution in [2.45, 2.75) is 6.92 Å². The Morgan fingerprint density at radius 1 is 1.00 bits per heavy atom. The van der Waals surface area contributed by atoms with E-state index in [1.54, 1.807) is 0 Å². The summed E-state index contributed by atoms with van der Waals surface area (Å²) in [5.74, 6) is 0. The molecule has 0 saturated carbocycles. The first-order valence-electron chi connectivity index (χ1n) is 4.93. The molecule has 0 amide bonds. The molecule has 15 heavy (non-hydrogen) atoms. The largest absolute Gasteiger partial charge is 0.135 e. The monoisotopic (exact) mass is 208 g/mol. The maximum atomic E-state index is 5.94. The zero-order chi connectivity index (χ0) is 10.4. The summed E-state index contributed by atoms with van der Waals surface area (Å²) in [6, 6.07) is 12.7. The van der Waals surface area contributed by atoms with E-state index in [2.05, 4.69) is 43.3 Å². The van der Waals surface area contributed by atoms with Crippen molar-refractivity contribution in [1.29, 1.82) is 0 Å². The number of hydrogen-bond donors (Lipinski definition) is 0. The molecule has 0 fully saturated rings. The molecule has 1 aromatic heterocycles. The highest BCUT2D eigenvalue weighted by Gasteiger charge is 2.05. The SMILES string of the molecule is [B]c1cc2c(cc1C)sc1ccccc12. The van der Waals surface area contributed by atoms with Crippen molar-refractivity contribution in [1.82, 2.24) is 0 Å². The third-order valence-corrected chi connectivity index (χ3v) is 3.90. The van der Waals surface area contributed by atoms with Crippen LogP contribution in [-0.2, 0) is 0 Å². The van der Waals surface area contributed by atoms with Gasteiger partial charge in [-0.15, -0.1) is 11.3 Å². The van der Waals surface area contributed by atoms with E-state index in [4.69, 9.17) is 7.85 Å². The van der Waals surface area contributed by atoms with Gasteiger partial charge in [0.2, 0.25) is 0 Å². The van der Waals surface area contributed by atoms with Gasteiger partial charge >= 0.3 is 0 Å². The molecule has 0 N–H and O–H groups in total. The maximum Gasteiger partial charge on any atom is 0.114 e. The molecule has 3 aromatic rings. The molecule has 2 aromatic carbocycles. The fraction of sp³-hybridized carbons (Fsp3) is 0.0769. The quantitative estimate of drug-likeness (QED) is 0.498. The lowest BCUT2D eigenvalue weighted by atomic mass is 9.90. The van der Waals surface area contributed by atoms with Crippen LogP contribution in [0.1, 0.15) is 5.56 Å². The van der Waals surface area contributed by atoms with E-state index < -0.39 is 0 Å². The normalized spacial score (nSPS) is 11.3. The van der Waals surface area contributed by atoms with Crippen molar-refractivity contribution >= 4 is 44.8 Å². The molecular formula is C13H9BS. The van der Waals surface area contributed by atoms with Gasteiger partial charge in [-0.3, -0.25) is 0 Å². The number of hydrogen-bond acceptors (Lipinski definition) is 1. The van der Waals surface area contributed by atoms with E-state index in [0.29, 0.717) is 0 Å². The van der Waals surface area contributed by atoms with Crippen LogP contribution in [0.3, 0.4) is 0 Å². The minimum atomic E-state index is 0.881. The van der Waals surface area contributed by atoms with E-state index >= 15 is 0 Å². The summed E-state index contributed by atoms with van der Waals surface area (Å²) < 4.78 is 2.65. The number of benzene rings is 2. The summed E-state index contributed by atoms with van der Waals surface area (Å²) >= 11 is 1.83. The molecule has 0 bridgehead atoms. The third kappa shape index (κ3) is 1.29. The van der Waals surface area contributed by atoms with Crippen LogP contribution in [0.15, 0.2) is 36.4 Å². The molecule has 0 aliphatic heterocycles. The molecular weight excluding hydrogens is 199 g/mol. The Morgan fingerprint density at radius 2 is 1.80 bits per heavy atom. The highest BCUT2D eigenvalue weighted by atomic mass is 32.1. The first-order chi connectivity index (χ1) is 7.25. The van der Waals surface area contributed by atoms with Gasteiger partial charge in [-0.1, -0.05) is 35.3 Å². The van der Waals surface area contributed by atoms with Gasteiger partial charge in [-0.05, 0) is 24.4 Å². The minimum Gasteiger partial charge on any atom is -0.135 e. The van der Waals surface area contributed by atoms with Crippen molar-refractivity contribution < 1.29 is 0 Å². The van der Waals surface area contributed by atoms with Crippen molar-refractivity contribution in [2.75, 3.05) is 0 Å². The summed E-state index contributed by atoms with van der Waals surface area (Å²) in [4.78, 5) is 0. The summed E-state index contributed by atoms with van der Waals surface area (Å²) in [5.41, 5.74) is 2.04. The molecule has 0 unspecified atom stereocenters. The Balaban J connectivity index is 2.56. The van der Waals surface area contributed by atoms with Gasteiger partial charge < -0.3 is 0 Å². The second kappa shape index (κ2) is 3.11. The van der Waals surface area contributed by atoms with Crippen LogP contribution in [0, 0.1) is 6.92 Å². The van der Waals surface area contributed by atoms with Gasteiger partial charge in [0.15, 0.2) is 0 Å². The standard InChI is InChI=1S/C13H9BS/c1-8-6-13-10(7-11(8)14)9-4-2-3-5-12(9)15-13/h2-7H,1H3. The first kappa shape index (κ1) is 8.99. The van der Waals surface area contributed by atoms with Gasteiger partial charge in [0.05, 0.1) is 0 Å². The van der Waals surface area contributed by atoms with E-state index in [9.17, 15) is 0 Å². The van der Waals surface area contributed by atoms with Gasteiger partial charge in [-0.25, -0.2) is 0 Å². The molecule has 0 spiro atoms. The zero-order valence-electron chi connectivity index (χ0n) is 8.45. The van der Waals surface area contributed by atoms with E-state index in [1.807, 2.05) is 11.3 Å². The van der Waals surface area contributed by atoms with Crippen molar-refractivity contribution in [3.05, 3.63) is 42.0 Å². The maximum absolute atomic E-state index is 5.94. The highest BCUT2D eigenvalue weighted by Crippen LogP contribution is 2.33. The average molecular weight is 208 g/mol. The molecule has 0 saturated heterocycles. The molecule has 0 aliphatic carbocycles. The van der Waals surface area contributed by atoms with Gasteiger partial charge in [0, 0.05) is 14.8 Å². The fourth-order valence-electron chi connectivity index (χ4n) is 1.89. The van der Waals surface area contributed by atoms with Crippen LogP contribution in [0.5, 0.6) is 0 Å². The lowest BCUT2D eigenvalue weighted by Gasteiger charge is -1.99. The average Bonchev–Trinajstić information content (AvgIpc) is 2.57. The zero-order valence-corrected chi connectivity index (χ0v) is 9.27. The molecule has 3 rings (SSSR count). The Hall–Kier alpha value is -1.28. The molecule has 70 valence electrons. The van der Waals surface area contributed by atoms with E-state index in [1.165, 1.54) is 20.2 Å². The number of thiophene rings is 1. The van der Waals surface area contributed by atoms with Crippen LogP contribution in [0.4, 0.5) is 0 Å². The summed E-state index contributed by atoms with van der Waals surface area (Å²) in [6.07, 6.45) is 0. The number of fused-ring (bicyclic) bond motifs is 3. The van der Waals surface area contributed by atoms with Gasteiger partial charge in [-0.2, -0.15) is 0 Å². The molecule has 2 radical (unpaired) electrons. The predicted molar refractivity (Wildman–Crippen MR) is 69.5 cm³/mol. The smallest absolute Gasteiger partial charge is 0.114 e. The second-order valence-electron chi connectivity index (χ2n) is 3.80. The van der Waals surface area contributed by atoms with Crippen LogP contribution < -0.4 is 5.46 Å². The lowest BCUT2D eigenvalue weighted by molar-refractivity contribution is 1.56. The van der Waals surface area contributed by atoms with Crippen LogP contribution in [-0.4, -0.2) is 7.85 Å². The number of aryl methyl sites for hydroxylation is 1. The molecule has 2 heteroatoms. The Kier molecular flexibility index (Phi) is 1.86. The Bertz CT molecular complexity index is 652. The van der Waals surface area contributed by atoms with E-state index in [-0.39, 0.29) is 0 Å². The summed E-state index contributed by atoms with van der Waals surface area (Å²) in [7, 11) is 5.94. The van der Waals surface area contributed by atoms with Crippen LogP contribution in [0.25, 0.3) is 20.2 Å². The summed E-state index contributed by atoms with van der Waals surface area (Å²) in [6.45, 7) is 2.05. The minimum absolute atomic E-state index is 0.881. The van der Waals surface area contributed by atoms with Crippen LogP contribution >= 0.6 is 11.3 Å². The summed E-state index contributed by atoms with van der Waals surface area (Å²) in [5, 5.41) is 2.59. The lowest BCUT2D eigenvalue weighted by Crippen LogP contribution is -2.05. The topological polar surface area (TPSA) is 0 Å². The molecule has 0 nitrogen and oxygen atoms in total. The Morgan fingerprint density at radius 3 is 2.67 bits per heavy atom. The third-order valence-electron chi connectivity index (χ3n) is 2.77. The second-order valence-corrected chi connectivity index (χ2v) is 4.89. The first-order valence-corrected chi connectivity index (χ1v) is 5.75. The van der Waals surface area contributed by atoms with Gasteiger partial charge in [0.1, 0.15) is 7.85 Å². The molecule has 1 heterocycles. The van der Waals surface area contributed by atoms with Gasteiger partial charge in [0.25, 0.3) is 0 Å².